The molecule has 2 rings (SSSR count). The smallest absolute Gasteiger partial charge is 0.237 e. The topological polar surface area (TPSA) is 68.0 Å². The number of carbonyl (C=O) groups is 1. The van der Waals surface area contributed by atoms with Crippen LogP contribution in [0.4, 0.5) is 0 Å². The van der Waals surface area contributed by atoms with Gasteiger partial charge in [-0.1, -0.05) is 37.3 Å². The first-order valence-corrected chi connectivity index (χ1v) is 7.51. The summed E-state index contributed by atoms with van der Waals surface area (Å²) in [7, 11) is 0. The van der Waals surface area contributed by atoms with Crippen LogP contribution in [0, 0.1) is 0 Å². The van der Waals surface area contributed by atoms with Gasteiger partial charge in [0.15, 0.2) is 0 Å². The Labute approximate surface area is 123 Å². The van der Waals surface area contributed by atoms with E-state index in [0.29, 0.717) is 13.0 Å². The Morgan fingerprint density at radius 2 is 2.15 bits per heavy atom. The second-order valence-electron chi connectivity index (χ2n) is 4.59. The average Bonchev–Trinajstić information content (AvgIpc) is 2.93. The lowest BCUT2D eigenvalue weighted by Crippen LogP contribution is -2.41. The predicted molar refractivity (Wildman–Crippen MR) is 81.5 cm³/mol. The molecule has 0 spiro atoms. The maximum atomic E-state index is 11.9. The molecule has 1 atom stereocenters. The zero-order valence-electron chi connectivity index (χ0n) is 11.5. The van der Waals surface area contributed by atoms with Crippen LogP contribution in [0.3, 0.4) is 0 Å². The monoisotopic (exact) mass is 289 g/mol. The number of benzene rings is 1. The van der Waals surface area contributed by atoms with E-state index in [0.717, 1.165) is 17.0 Å². The molecule has 1 heterocycles. The SMILES string of the molecule is CCc1cnc(CNC(=O)C(N)Cc2ccccc2)s1. The van der Waals surface area contributed by atoms with E-state index in [1.807, 2.05) is 36.5 Å². The van der Waals surface area contributed by atoms with Crippen LogP contribution in [0.15, 0.2) is 36.5 Å². The van der Waals surface area contributed by atoms with Gasteiger partial charge >= 0.3 is 0 Å². The van der Waals surface area contributed by atoms with Crippen molar-refractivity contribution in [3.8, 4) is 0 Å². The van der Waals surface area contributed by atoms with E-state index >= 15 is 0 Å². The minimum absolute atomic E-state index is 0.137. The molecular weight excluding hydrogens is 270 g/mol. The fourth-order valence-corrected chi connectivity index (χ4v) is 2.65. The summed E-state index contributed by atoms with van der Waals surface area (Å²) in [4.78, 5) is 17.4. The highest BCUT2D eigenvalue weighted by molar-refractivity contribution is 7.11. The molecule has 0 saturated heterocycles. The van der Waals surface area contributed by atoms with E-state index in [1.54, 1.807) is 11.3 Å². The number of hydrogen-bond donors (Lipinski definition) is 2. The van der Waals surface area contributed by atoms with Gasteiger partial charge in [0, 0.05) is 11.1 Å². The van der Waals surface area contributed by atoms with Crippen LogP contribution in [-0.2, 0) is 24.2 Å². The largest absolute Gasteiger partial charge is 0.348 e. The maximum Gasteiger partial charge on any atom is 0.237 e. The third-order valence-electron chi connectivity index (χ3n) is 3.00. The first kappa shape index (κ1) is 14.7. The number of nitrogens with one attached hydrogen (secondary N) is 1. The van der Waals surface area contributed by atoms with Gasteiger partial charge in [-0.15, -0.1) is 11.3 Å². The number of amides is 1. The van der Waals surface area contributed by atoms with E-state index in [-0.39, 0.29) is 5.91 Å². The molecule has 2 aromatic rings. The number of thiazole rings is 1. The first-order chi connectivity index (χ1) is 9.69. The zero-order chi connectivity index (χ0) is 14.4. The van der Waals surface area contributed by atoms with E-state index in [9.17, 15) is 4.79 Å². The lowest BCUT2D eigenvalue weighted by molar-refractivity contribution is -0.122. The van der Waals surface area contributed by atoms with Crippen LogP contribution < -0.4 is 11.1 Å². The number of carbonyl (C=O) groups excluding carboxylic acids is 1. The summed E-state index contributed by atoms with van der Waals surface area (Å²) in [5.74, 6) is -0.137. The molecule has 106 valence electrons. The van der Waals surface area contributed by atoms with Crippen molar-refractivity contribution in [2.75, 3.05) is 0 Å². The van der Waals surface area contributed by atoms with Crippen molar-refractivity contribution < 1.29 is 4.79 Å². The average molecular weight is 289 g/mol. The summed E-state index contributed by atoms with van der Waals surface area (Å²) in [5.41, 5.74) is 6.98. The van der Waals surface area contributed by atoms with Gasteiger partial charge in [0.05, 0.1) is 12.6 Å². The van der Waals surface area contributed by atoms with Gasteiger partial charge in [-0.2, -0.15) is 0 Å². The number of rotatable bonds is 6. The summed E-state index contributed by atoms with van der Waals surface area (Å²) in [6.07, 6.45) is 3.37. The molecule has 0 aliphatic rings. The predicted octanol–water partition coefficient (Wildman–Crippen LogP) is 1.89. The highest BCUT2D eigenvalue weighted by Gasteiger charge is 2.14. The van der Waals surface area contributed by atoms with Crippen molar-refractivity contribution in [2.24, 2.45) is 5.73 Å². The van der Waals surface area contributed by atoms with Gasteiger partial charge in [-0.3, -0.25) is 4.79 Å². The van der Waals surface area contributed by atoms with Gasteiger partial charge in [-0.05, 0) is 18.4 Å². The molecular formula is C15H19N3OS. The Bertz CT molecular complexity index is 553. The molecule has 5 heteroatoms. The molecule has 4 nitrogen and oxygen atoms in total. The zero-order valence-corrected chi connectivity index (χ0v) is 12.3. The van der Waals surface area contributed by atoms with E-state index in [4.69, 9.17) is 5.73 Å². The molecule has 0 saturated carbocycles. The summed E-state index contributed by atoms with van der Waals surface area (Å²) in [6, 6.07) is 9.26. The second kappa shape index (κ2) is 7.17. The van der Waals surface area contributed by atoms with E-state index in [2.05, 4.69) is 17.2 Å². The lowest BCUT2D eigenvalue weighted by Gasteiger charge is -2.11. The summed E-state index contributed by atoms with van der Waals surface area (Å²) >= 11 is 1.62. The molecule has 1 aromatic carbocycles. The molecule has 3 N–H and O–H groups in total. The molecule has 20 heavy (non-hydrogen) atoms. The van der Waals surface area contributed by atoms with Crippen molar-refractivity contribution >= 4 is 17.2 Å². The fraction of sp³-hybridized carbons (Fsp3) is 0.333. The standard InChI is InChI=1S/C15H19N3OS/c1-2-12-9-17-14(20-12)10-18-15(19)13(16)8-11-6-4-3-5-7-11/h3-7,9,13H,2,8,10,16H2,1H3,(H,18,19). The second-order valence-corrected chi connectivity index (χ2v) is 5.79. The molecule has 1 unspecified atom stereocenters. The van der Waals surface area contributed by atoms with Crippen LogP contribution >= 0.6 is 11.3 Å². The maximum absolute atomic E-state index is 11.9. The van der Waals surface area contributed by atoms with Crippen LogP contribution in [0.1, 0.15) is 22.4 Å². The van der Waals surface area contributed by atoms with E-state index < -0.39 is 6.04 Å². The Hall–Kier alpha value is -1.72. The first-order valence-electron chi connectivity index (χ1n) is 6.70. The molecule has 0 aliphatic carbocycles. The lowest BCUT2D eigenvalue weighted by atomic mass is 10.1. The highest BCUT2D eigenvalue weighted by atomic mass is 32.1. The van der Waals surface area contributed by atoms with Gasteiger partial charge in [0.2, 0.25) is 5.91 Å². The molecule has 0 radical (unpaired) electrons. The van der Waals surface area contributed by atoms with Gasteiger partial charge < -0.3 is 11.1 Å². The van der Waals surface area contributed by atoms with Crippen LogP contribution in [0.25, 0.3) is 0 Å². The summed E-state index contributed by atoms with van der Waals surface area (Å²) in [5, 5.41) is 3.76. The van der Waals surface area contributed by atoms with Crippen molar-refractivity contribution in [1.82, 2.24) is 10.3 Å². The molecule has 1 aromatic heterocycles. The molecule has 0 fully saturated rings. The third-order valence-corrected chi connectivity index (χ3v) is 4.14. The van der Waals surface area contributed by atoms with Gasteiger partial charge in [0.1, 0.15) is 5.01 Å². The Kier molecular flexibility index (Phi) is 5.26. The Morgan fingerprint density at radius 1 is 1.40 bits per heavy atom. The number of hydrogen-bond acceptors (Lipinski definition) is 4. The quantitative estimate of drug-likeness (QED) is 0.853. The fourth-order valence-electron chi connectivity index (χ4n) is 1.85. The highest BCUT2D eigenvalue weighted by Crippen LogP contribution is 2.12. The Balaban J connectivity index is 1.82. The third kappa shape index (κ3) is 4.15. The number of aromatic nitrogens is 1. The van der Waals surface area contributed by atoms with Gasteiger partial charge in [-0.25, -0.2) is 4.98 Å². The number of nitrogens with zero attached hydrogens (tertiary/aromatic N) is 1. The summed E-state index contributed by atoms with van der Waals surface area (Å²) < 4.78 is 0. The van der Waals surface area contributed by atoms with Gasteiger partial charge in [0.25, 0.3) is 0 Å². The molecule has 0 aliphatic heterocycles. The minimum atomic E-state index is -0.525. The molecule has 1 amide bonds. The van der Waals surface area contributed by atoms with Crippen LogP contribution in [0.2, 0.25) is 0 Å². The molecule has 0 bridgehead atoms. The van der Waals surface area contributed by atoms with Crippen LogP contribution in [-0.4, -0.2) is 16.9 Å². The van der Waals surface area contributed by atoms with Crippen molar-refractivity contribution in [3.05, 3.63) is 52.0 Å². The minimum Gasteiger partial charge on any atom is -0.348 e. The number of aryl methyl sites for hydroxylation is 1. The van der Waals surface area contributed by atoms with Crippen molar-refractivity contribution in [3.63, 3.8) is 0 Å². The van der Waals surface area contributed by atoms with Crippen LogP contribution in [0.5, 0.6) is 0 Å². The van der Waals surface area contributed by atoms with Crippen molar-refractivity contribution in [1.29, 1.82) is 0 Å². The summed E-state index contributed by atoms with van der Waals surface area (Å²) in [6.45, 7) is 2.54. The normalized spacial score (nSPS) is 12.1. The Morgan fingerprint density at radius 3 is 2.80 bits per heavy atom. The van der Waals surface area contributed by atoms with E-state index in [1.165, 1.54) is 4.88 Å². The number of nitrogens with two attached hydrogens (primary N) is 1. The van der Waals surface area contributed by atoms with Crippen molar-refractivity contribution in [2.45, 2.75) is 32.4 Å².